The Morgan fingerprint density at radius 1 is 0.867 bits per heavy atom. The fraction of sp³-hybridized carbons (Fsp3) is 0. The lowest BCUT2D eigenvalue weighted by Gasteiger charge is -2.01. The fourth-order valence-corrected chi connectivity index (χ4v) is 1.86. The monoisotopic (exact) mass is 193 g/mol. The summed E-state index contributed by atoms with van der Waals surface area (Å²) in [5, 5.41) is 13.8. The summed E-state index contributed by atoms with van der Waals surface area (Å²) in [6, 6.07) is 18.8. The van der Waals surface area contributed by atoms with Crippen LogP contribution in [0.15, 0.2) is 48.5 Å². The molecule has 1 N–H and O–H groups in total. The van der Waals surface area contributed by atoms with E-state index in [0.717, 1.165) is 10.8 Å². The van der Waals surface area contributed by atoms with Crippen LogP contribution in [0.25, 0.3) is 21.5 Å². The van der Waals surface area contributed by atoms with Crippen molar-refractivity contribution < 1.29 is 5.11 Å². The number of phenols is 1. The Labute approximate surface area is 87.6 Å². The summed E-state index contributed by atoms with van der Waals surface area (Å²) in [4.78, 5) is 0. The van der Waals surface area contributed by atoms with E-state index in [-0.39, 0.29) is 5.75 Å². The molecule has 0 unspecified atom stereocenters. The largest absolute Gasteiger partial charge is 0.508 e. The predicted molar refractivity (Wildman–Crippen MR) is 62.0 cm³/mol. The third kappa shape index (κ3) is 1.33. The maximum atomic E-state index is 9.37. The molecule has 0 aliphatic heterocycles. The van der Waals surface area contributed by atoms with Gasteiger partial charge in [-0.2, -0.15) is 0 Å². The number of benzene rings is 3. The highest BCUT2D eigenvalue weighted by Gasteiger charge is 1.98. The lowest BCUT2D eigenvalue weighted by Crippen LogP contribution is -1.76. The van der Waals surface area contributed by atoms with Gasteiger partial charge in [0, 0.05) is 0 Å². The van der Waals surface area contributed by atoms with Gasteiger partial charge in [0.25, 0.3) is 0 Å². The van der Waals surface area contributed by atoms with Gasteiger partial charge in [-0.05, 0) is 51.9 Å². The lowest BCUT2D eigenvalue weighted by atomic mass is 10.0. The first-order chi connectivity index (χ1) is 7.33. The van der Waals surface area contributed by atoms with Gasteiger partial charge in [0.15, 0.2) is 0 Å². The Kier molecular flexibility index (Phi) is 1.65. The smallest absolute Gasteiger partial charge is 0.116 e. The minimum Gasteiger partial charge on any atom is -0.508 e. The van der Waals surface area contributed by atoms with E-state index in [1.165, 1.54) is 10.8 Å². The number of rotatable bonds is 0. The summed E-state index contributed by atoms with van der Waals surface area (Å²) in [7, 11) is 0. The van der Waals surface area contributed by atoms with Gasteiger partial charge in [0.1, 0.15) is 5.75 Å². The van der Waals surface area contributed by atoms with Crippen LogP contribution in [-0.4, -0.2) is 5.11 Å². The van der Waals surface area contributed by atoms with Crippen LogP contribution in [0.1, 0.15) is 0 Å². The van der Waals surface area contributed by atoms with E-state index < -0.39 is 0 Å². The van der Waals surface area contributed by atoms with Gasteiger partial charge in [-0.25, -0.2) is 0 Å². The van der Waals surface area contributed by atoms with E-state index in [1.54, 1.807) is 12.1 Å². The average Bonchev–Trinajstić information content (AvgIpc) is 2.26. The highest BCUT2D eigenvalue weighted by molar-refractivity contribution is 5.98. The molecule has 15 heavy (non-hydrogen) atoms. The minimum absolute atomic E-state index is 0.262. The highest BCUT2D eigenvalue weighted by Crippen LogP contribution is 2.24. The summed E-state index contributed by atoms with van der Waals surface area (Å²) in [6.07, 6.45) is 0. The molecule has 0 fully saturated rings. The van der Waals surface area contributed by atoms with Crippen LogP contribution in [0.4, 0.5) is 0 Å². The highest BCUT2D eigenvalue weighted by atomic mass is 16.3. The summed E-state index contributed by atoms with van der Waals surface area (Å²) < 4.78 is 0. The molecule has 3 aromatic rings. The Morgan fingerprint density at radius 2 is 1.60 bits per heavy atom. The molecule has 1 radical (unpaired) electrons. The van der Waals surface area contributed by atoms with Crippen LogP contribution in [0.3, 0.4) is 0 Å². The molecule has 0 aliphatic rings. The van der Waals surface area contributed by atoms with Crippen molar-refractivity contribution in [3.05, 3.63) is 54.6 Å². The van der Waals surface area contributed by atoms with Gasteiger partial charge in [-0.3, -0.25) is 0 Å². The maximum Gasteiger partial charge on any atom is 0.116 e. The number of hydrogen-bond donors (Lipinski definition) is 1. The summed E-state index contributed by atoms with van der Waals surface area (Å²) in [5.41, 5.74) is 0. The van der Waals surface area contributed by atoms with Gasteiger partial charge in [0.2, 0.25) is 0 Å². The van der Waals surface area contributed by atoms with E-state index in [1.807, 2.05) is 12.1 Å². The van der Waals surface area contributed by atoms with E-state index in [9.17, 15) is 5.11 Å². The molecule has 0 amide bonds. The van der Waals surface area contributed by atoms with Gasteiger partial charge >= 0.3 is 0 Å². The van der Waals surface area contributed by atoms with Gasteiger partial charge in [-0.15, -0.1) is 0 Å². The predicted octanol–water partition coefficient (Wildman–Crippen LogP) is 3.50. The molecule has 0 bridgehead atoms. The molecule has 0 saturated heterocycles. The van der Waals surface area contributed by atoms with E-state index in [2.05, 4.69) is 30.3 Å². The second kappa shape index (κ2) is 2.99. The SMILES string of the molecule is Oc1c[c]c2cc3ccccc3cc2c1. The van der Waals surface area contributed by atoms with Crippen molar-refractivity contribution >= 4 is 21.5 Å². The molecular weight excluding hydrogens is 184 g/mol. The molecule has 0 saturated carbocycles. The zero-order chi connectivity index (χ0) is 10.3. The third-order valence-corrected chi connectivity index (χ3v) is 2.60. The van der Waals surface area contributed by atoms with Crippen molar-refractivity contribution in [2.75, 3.05) is 0 Å². The normalized spacial score (nSPS) is 10.9. The zero-order valence-corrected chi connectivity index (χ0v) is 8.07. The van der Waals surface area contributed by atoms with Crippen molar-refractivity contribution in [1.29, 1.82) is 0 Å². The van der Waals surface area contributed by atoms with Gasteiger partial charge in [0.05, 0.1) is 0 Å². The first kappa shape index (κ1) is 8.30. The fourth-order valence-electron chi connectivity index (χ4n) is 1.86. The van der Waals surface area contributed by atoms with Gasteiger partial charge in [-0.1, -0.05) is 24.3 Å². The van der Waals surface area contributed by atoms with Crippen molar-refractivity contribution in [3.8, 4) is 5.75 Å². The van der Waals surface area contributed by atoms with Crippen LogP contribution < -0.4 is 0 Å². The molecule has 0 spiro atoms. The number of aromatic hydroxyl groups is 1. The van der Waals surface area contributed by atoms with Crippen molar-refractivity contribution in [1.82, 2.24) is 0 Å². The summed E-state index contributed by atoms with van der Waals surface area (Å²) in [6.45, 7) is 0. The first-order valence-electron chi connectivity index (χ1n) is 4.86. The molecule has 0 heterocycles. The molecule has 3 aromatic carbocycles. The Balaban J connectivity index is 2.47. The molecular formula is C14H9O. The molecule has 0 aliphatic carbocycles. The van der Waals surface area contributed by atoms with E-state index in [0.29, 0.717) is 0 Å². The second-order valence-electron chi connectivity index (χ2n) is 3.64. The van der Waals surface area contributed by atoms with E-state index >= 15 is 0 Å². The van der Waals surface area contributed by atoms with Gasteiger partial charge < -0.3 is 5.11 Å². The molecule has 3 rings (SSSR count). The van der Waals surface area contributed by atoms with Crippen molar-refractivity contribution in [2.24, 2.45) is 0 Å². The van der Waals surface area contributed by atoms with Crippen LogP contribution in [0, 0.1) is 6.07 Å². The summed E-state index contributed by atoms with van der Waals surface area (Å²) >= 11 is 0. The standard InChI is InChI=1S/C14H9O/c15-14-6-5-12-7-10-3-1-2-4-11(10)8-13(12)9-14/h1-4,6-9,15H. The van der Waals surface area contributed by atoms with Crippen LogP contribution in [-0.2, 0) is 0 Å². The molecule has 1 heteroatoms. The first-order valence-corrected chi connectivity index (χ1v) is 4.86. The average molecular weight is 193 g/mol. The van der Waals surface area contributed by atoms with E-state index in [4.69, 9.17) is 0 Å². The number of hydrogen-bond acceptors (Lipinski definition) is 1. The Morgan fingerprint density at radius 3 is 2.40 bits per heavy atom. The van der Waals surface area contributed by atoms with Crippen LogP contribution in [0.2, 0.25) is 0 Å². The number of fused-ring (bicyclic) bond motifs is 2. The second-order valence-corrected chi connectivity index (χ2v) is 3.64. The third-order valence-electron chi connectivity index (χ3n) is 2.60. The Bertz CT molecular complexity index is 641. The summed E-state index contributed by atoms with van der Waals surface area (Å²) in [5.74, 6) is 0.262. The quantitative estimate of drug-likeness (QED) is 0.542. The van der Waals surface area contributed by atoms with Crippen molar-refractivity contribution in [2.45, 2.75) is 0 Å². The maximum absolute atomic E-state index is 9.37. The molecule has 0 aromatic heterocycles. The van der Waals surface area contributed by atoms with Crippen LogP contribution in [0.5, 0.6) is 5.75 Å². The zero-order valence-electron chi connectivity index (χ0n) is 8.07. The molecule has 71 valence electrons. The molecule has 1 nitrogen and oxygen atoms in total. The lowest BCUT2D eigenvalue weighted by molar-refractivity contribution is 0.476. The molecule has 0 atom stereocenters. The topological polar surface area (TPSA) is 20.2 Å². The van der Waals surface area contributed by atoms with Crippen LogP contribution >= 0.6 is 0 Å². The minimum atomic E-state index is 0.262. The Hall–Kier alpha value is -2.02. The van der Waals surface area contributed by atoms with Crippen molar-refractivity contribution in [3.63, 3.8) is 0 Å². The number of phenolic OH excluding ortho intramolecular Hbond substituents is 1.